The van der Waals surface area contributed by atoms with Gasteiger partial charge in [0.1, 0.15) is 0 Å². The van der Waals surface area contributed by atoms with Crippen LogP contribution < -0.4 is 5.19 Å². The van der Waals surface area contributed by atoms with Gasteiger partial charge in [-0.3, -0.25) is 0 Å². The van der Waals surface area contributed by atoms with E-state index in [1.54, 1.807) is 0 Å². The van der Waals surface area contributed by atoms with Crippen molar-refractivity contribution >= 4 is 44.8 Å². The number of aromatic nitrogens is 2. The summed E-state index contributed by atoms with van der Waals surface area (Å²) >= 11 is 1.82. The van der Waals surface area contributed by atoms with E-state index in [1.807, 2.05) is 47.9 Å². The summed E-state index contributed by atoms with van der Waals surface area (Å²) in [5.41, 5.74) is 9.66. The summed E-state index contributed by atoms with van der Waals surface area (Å²) in [6.07, 6.45) is 5.08. The molecule has 0 aliphatic rings. The van der Waals surface area contributed by atoms with Crippen LogP contribution in [0.3, 0.4) is 0 Å². The molecule has 7 rings (SSSR count). The van der Waals surface area contributed by atoms with Crippen LogP contribution in [-0.2, 0) is 26.5 Å². The first-order valence-corrected chi connectivity index (χ1v) is 20.6. The van der Waals surface area contributed by atoms with E-state index in [9.17, 15) is 0 Å². The van der Waals surface area contributed by atoms with Gasteiger partial charge < -0.3 is 9.97 Å². The van der Waals surface area contributed by atoms with Gasteiger partial charge in [-0.1, -0.05) is 105 Å². The van der Waals surface area contributed by atoms with Gasteiger partial charge in [-0.15, -0.1) is 59.7 Å². The van der Waals surface area contributed by atoms with Gasteiger partial charge >= 0.3 is 0 Å². The van der Waals surface area contributed by atoms with Crippen molar-refractivity contribution in [3.8, 4) is 33.6 Å². The van der Waals surface area contributed by atoms with Gasteiger partial charge in [0.25, 0.3) is 0 Å². The number of pyridine rings is 2. The zero-order valence-corrected chi connectivity index (χ0v) is 33.0. The first-order chi connectivity index (χ1) is 22.5. The molecule has 7 aromatic rings. The minimum absolute atomic E-state index is 0. The standard InChI is InChI=1S/C24H16NS.C19H26NSi.Ir/c1-16-12-13-25-22(14-16)20-9-5-8-19-21-15-18(17-6-3-2-4-7-17)10-11-23(21)26-24(19)20;1-19(2,3)13-16-12-17(15-10-8-7-9-11-15)20-14-18(16)21(4,5)6;/h2-8,10-15H,1H3;7-10,12,14H,13H2,1-6H3;/q2*-1;. The molecule has 3 aromatic heterocycles. The molecule has 0 saturated heterocycles. The largest absolute Gasteiger partial charge is 0.305 e. The number of nitrogens with zero attached hydrogens (tertiary/aromatic N) is 2. The maximum Gasteiger partial charge on any atom is 0.0798 e. The van der Waals surface area contributed by atoms with Crippen LogP contribution in [0, 0.1) is 24.5 Å². The van der Waals surface area contributed by atoms with E-state index in [4.69, 9.17) is 4.98 Å². The van der Waals surface area contributed by atoms with Crippen LogP contribution >= 0.6 is 11.3 Å². The van der Waals surface area contributed by atoms with Crippen molar-refractivity contribution in [2.75, 3.05) is 0 Å². The molecule has 48 heavy (non-hydrogen) atoms. The van der Waals surface area contributed by atoms with E-state index in [0.29, 0.717) is 0 Å². The molecule has 245 valence electrons. The average molecular weight is 839 g/mol. The van der Waals surface area contributed by atoms with Gasteiger partial charge in [-0.25, -0.2) is 0 Å². The zero-order valence-electron chi connectivity index (χ0n) is 28.8. The molecule has 0 aliphatic heterocycles. The van der Waals surface area contributed by atoms with E-state index in [1.165, 1.54) is 47.6 Å². The summed E-state index contributed by atoms with van der Waals surface area (Å²) < 4.78 is 2.55. The van der Waals surface area contributed by atoms with Gasteiger partial charge in [-0.2, -0.15) is 11.3 Å². The number of hydrogen-bond donors (Lipinski definition) is 0. The number of rotatable bonds is 5. The predicted octanol–water partition coefficient (Wildman–Crippen LogP) is 11.6. The molecule has 0 aliphatic carbocycles. The smallest absolute Gasteiger partial charge is 0.0798 e. The van der Waals surface area contributed by atoms with Crippen molar-refractivity contribution in [3.05, 3.63) is 139 Å². The van der Waals surface area contributed by atoms with Crippen LogP contribution in [0.5, 0.6) is 0 Å². The maximum absolute atomic E-state index is 4.71. The fraction of sp³-hybridized carbons (Fsp3) is 0.209. The van der Waals surface area contributed by atoms with E-state index in [0.717, 1.165) is 28.9 Å². The topological polar surface area (TPSA) is 25.8 Å². The Morgan fingerprint density at radius 1 is 0.729 bits per heavy atom. The van der Waals surface area contributed by atoms with Crippen molar-refractivity contribution in [2.24, 2.45) is 5.41 Å². The van der Waals surface area contributed by atoms with E-state index < -0.39 is 8.07 Å². The summed E-state index contributed by atoms with van der Waals surface area (Å²) in [5, 5.41) is 4.06. The van der Waals surface area contributed by atoms with Crippen LogP contribution in [0.25, 0.3) is 53.8 Å². The Morgan fingerprint density at radius 3 is 2.19 bits per heavy atom. The molecule has 2 nitrogen and oxygen atoms in total. The molecule has 0 amide bonds. The molecule has 0 N–H and O–H groups in total. The third kappa shape index (κ3) is 8.27. The van der Waals surface area contributed by atoms with E-state index in [-0.39, 0.29) is 25.5 Å². The molecule has 4 aromatic carbocycles. The summed E-state index contributed by atoms with van der Waals surface area (Å²) in [4.78, 5) is 9.28. The molecule has 0 spiro atoms. The minimum Gasteiger partial charge on any atom is -0.305 e. The van der Waals surface area contributed by atoms with Crippen molar-refractivity contribution in [2.45, 2.75) is 53.8 Å². The molecule has 0 unspecified atom stereocenters. The fourth-order valence-corrected chi connectivity index (χ4v) is 8.77. The summed E-state index contributed by atoms with van der Waals surface area (Å²) in [7, 11) is -1.37. The molecule has 1 radical (unpaired) electrons. The Labute approximate surface area is 304 Å². The SMILES string of the molecule is CC(C)(C)Cc1cc(-c2[c-]cccc2)ncc1[Si](C)(C)C.Cc1ccnc(-c2[c-]ccc3c2sc2ccc(-c4ccccc4)cc23)c1.[Ir]. The van der Waals surface area contributed by atoms with Crippen LogP contribution in [0.15, 0.2) is 116 Å². The summed E-state index contributed by atoms with van der Waals surface area (Å²) in [6, 6.07) is 42.7. The third-order valence-corrected chi connectivity index (χ3v) is 11.5. The Hall–Kier alpha value is -3.73. The van der Waals surface area contributed by atoms with E-state index in [2.05, 4.69) is 143 Å². The molecular weight excluding hydrogens is 797 g/mol. The second-order valence-electron chi connectivity index (χ2n) is 14.5. The predicted molar refractivity (Wildman–Crippen MR) is 206 cm³/mol. The zero-order chi connectivity index (χ0) is 33.2. The van der Waals surface area contributed by atoms with E-state index >= 15 is 0 Å². The Kier molecular flexibility index (Phi) is 11.0. The minimum atomic E-state index is -1.37. The van der Waals surface area contributed by atoms with Gasteiger partial charge in [0.2, 0.25) is 0 Å². The number of aryl methyl sites for hydroxylation is 1. The van der Waals surface area contributed by atoms with Crippen molar-refractivity contribution in [3.63, 3.8) is 0 Å². The molecule has 0 bridgehead atoms. The van der Waals surface area contributed by atoms with Gasteiger partial charge in [0.15, 0.2) is 0 Å². The summed E-state index contributed by atoms with van der Waals surface area (Å²) in [5.74, 6) is 0. The number of benzene rings is 4. The van der Waals surface area contributed by atoms with Crippen molar-refractivity contribution in [1.82, 2.24) is 9.97 Å². The van der Waals surface area contributed by atoms with Gasteiger partial charge in [-0.05, 0) is 74.7 Å². The first-order valence-electron chi connectivity index (χ1n) is 16.3. The Bertz CT molecular complexity index is 2140. The number of thiophene rings is 1. The Balaban J connectivity index is 0.000000189. The normalized spacial score (nSPS) is 11.6. The first kappa shape index (κ1) is 35.6. The number of hydrogen-bond acceptors (Lipinski definition) is 3. The molecule has 3 heterocycles. The van der Waals surface area contributed by atoms with Crippen molar-refractivity contribution < 1.29 is 20.1 Å². The van der Waals surface area contributed by atoms with Gasteiger partial charge in [0, 0.05) is 37.2 Å². The maximum atomic E-state index is 4.71. The second kappa shape index (κ2) is 14.8. The molecule has 5 heteroatoms. The molecular formula is C43H42IrN2SSi-2. The Morgan fingerprint density at radius 2 is 1.50 bits per heavy atom. The fourth-order valence-electron chi connectivity index (χ4n) is 6.01. The monoisotopic (exact) mass is 839 g/mol. The van der Waals surface area contributed by atoms with Crippen LogP contribution in [0.1, 0.15) is 31.9 Å². The quantitative estimate of drug-likeness (QED) is 0.127. The molecule has 0 saturated carbocycles. The van der Waals surface area contributed by atoms with Crippen LogP contribution in [-0.4, -0.2) is 18.0 Å². The third-order valence-electron chi connectivity index (χ3n) is 8.21. The average Bonchev–Trinajstić information content (AvgIpc) is 3.43. The second-order valence-corrected chi connectivity index (χ2v) is 20.6. The molecule has 0 fully saturated rings. The number of fused-ring (bicyclic) bond motifs is 3. The van der Waals surface area contributed by atoms with Crippen LogP contribution in [0.4, 0.5) is 0 Å². The van der Waals surface area contributed by atoms with Gasteiger partial charge in [0.05, 0.1) is 8.07 Å². The van der Waals surface area contributed by atoms with Crippen molar-refractivity contribution in [1.29, 1.82) is 0 Å². The summed E-state index contributed by atoms with van der Waals surface area (Å²) in [6.45, 7) is 16.2. The molecule has 0 atom stereocenters. The van der Waals surface area contributed by atoms with Crippen LogP contribution in [0.2, 0.25) is 19.6 Å².